The van der Waals surface area contributed by atoms with E-state index in [9.17, 15) is 13.2 Å². The summed E-state index contributed by atoms with van der Waals surface area (Å²) in [6.45, 7) is -0.557. The summed E-state index contributed by atoms with van der Waals surface area (Å²) in [7, 11) is 0. The Morgan fingerprint density at radius 3 is 2.31 bits per heavy atom. The molecule has 0 saturated carbocycles. The van der Waals surface area contributed by atoms with Crippen molar-refractivity contribution in [2.24, 2.45) is 0 Å². The molecule has 0 bridgehead atoms. The number of hydrogen-bond donors (Lipinski definition) is 2. The first-order valence-electron chi connectivity index (χ1n) is 5.09. The van der Waals surface area contributed by atoms with Crippen molar-refractivity contribution in [1.29, 1.82) is 0 Å². The van der Waals surface area contributed by atoms with Gasteiger partial charge in [0.1, 0.15) is 0 Å². The average Bonchev–Trinajstić information content (AvgIpc) is 2.19. The minimum absolute atomic E-state index is 0.365. The molecule has 90 valence electrons. The summed E-state index contributed by atoms with van der Waals surface area (Å²) in [5, 5.41) is 2.36. The van der Waals surface area contributed by atoms with E-state index in [2.05, 4.69) is 5.32 Å². The Bertz CT molecular complexity index is 306. The lowest BCUT2D eigenvalue weighted by atomic mass is 10.1. The molecule has 0 aliphatic rings. The van der Waals surface area contributed by atoms with Crippen LogP contribution in [0.25, 0.3) is 0 Å². The largest absolute Gasteiger partial charge is 0.401 e. The predicted octanol–water partition coefficient (Wildman–Crippen LogP) is 2.35. The van der Waals surface area contributed by atoms with Gasteiger partial charge >= 0.3 is 6.18 Å². The van der Waals surface area contributed by atoms with Gasteiger partial charge in [-0.25, -0.2) is 0 Å². The van der Waals surface area contributed by atoms with Crippen LogP contribution >= 0.6 is 0 Å². The third-order valence-electron chi connectivity index (χ3n) is 2.12. The van der Waals surface area contributed by atoms with Crippen LogP contribution in [0.4, 0.5) is 18.9 Å². The topological polar surface area (TPSA) is 38.0 Å². The van der Waals surface area contributed by atoms with Gasteiger partial charge in [0.25, 0.3) is 0 Å². The predicted molar refractivity (Wildman–Crippen MR) is 58.1 cm³/mol. The van der Waals surface area contributed by atoms with Gasteiger partial charge in [-0.2, -0.15) is 13.2 Å². The molecule has 1 aromatic rings. The third kappa shape index (κ3) is 5.60. The quantitative estimate of drug-likeness (QED) is 0.604. The molecule has 0 atom stereocenters. The SMILES string of the molecule is Nc1ccc(CCCNCC(F)(F)F)cc1. The molecule has 5 heteroatoms. The van der Waals surface area contributed by atoms with Gasteiger partial charge in [0, 0.05) is 5.69 Å². The minimum Gasteiger partial charge on any atom is -0.399 e. The first-order chi connectivity index (χ1) is 7.47. The van der Waals surface area contributed by atoms with E-state index in [1.54, 1.807) is 12.1 Å². The summed E-state index contributed by atoms with van der Waals surface area (Å²) in [6, 6.07) is 7.36. The van der Waals surface area contributed by atoms with Crippen LogP contribution in [0.5, 0.6) is 0 Å². The Labute approximate surface area is 92.6 Å². The van der Waals surface area contributed by atoms with Crippen LogP contribution in [-0.4, -0.2) is 19.3 Å². The highest BCUT2D eigenvalue weighted by atomic mass is 19.4. The molecule has 0 amide bonds. The molecule has 0 heterocycles. The molecular weight excluding hydrogens is 217 g/mol. The van der Waals surface area contributed by atoms with Gasteiger partial charge in [-0.05, 0) is 37.1 Å². The Kier molecular flexibility index (Phi) is 4.61. The highest BCUT2D eigenvalue weighted by molar-refractivity contribution is 5.39. The molecule has 16 heavy (non-hydrogen) atoms. The molecule has 3 N–H and O–H groups in total. The Balaban J connectivity index is 2.14. The van der Waals surface area contributed by atoms with Crippen LogP contribution in [0.3, 0.4) is 0 Å². The van der Waals surface area contributed by atoms with Gasteiger partial charge in [0.15, 0.2) is 0 Å². The molecule has 0 saturated heterocycles. The number of hydrogen-bond acceptors (Lipinski definition) is 2. The van der Waals surface area contributed by atoms with Crippen molar-refractivity contribution < 1.29 is 13.2 Å². The number of halogens is 3. The van der Waals surface area contributed by atoms with Crippen LogP contribution in [0.2, 0.25) is 0 Å². The van der Waals surface area contributed by atoms with E-state index >= 15 is 0 Å². The fourth-order valence-electron chi connectivity index (χ4n) is 1.33. The first kappa shape index (κ1) is 12.8. The van der Waals surface area contributed by atoms with Crippen LogP contribution in [0.15, 0.2) is 24.3 Å². The van der Waals surface area contributed by atoms with Gasteiger partial charge < -0.3 is 11.1 Å². The van der Waals surface area contributed by atoms with Crippen molar-refractivity contribution in [3.05, 3.63) is 29.8 Å². The van der Waals surface area contributed by atoms with Gasteiger partial charge in [-0.15, -0.1) is 0 Å². The lowest BCUT2D eigenvalue weighted by Gasteiger charge is -2.07. The number of rotatable bonds is 5. The van der Waals surface area contributed by atoms with Crippen molar-refractivity contribution in [2.45, 2.75) is 19.0 Å². The number of nitrogens with one attached hydrogen (secondary N) is 1. The summed E-state index contributed by atoms with van der Waals surface area (Å²) in [6.07, 6.45) is -2.69. The minimum atomic E-state index is -4.12. The van der Waals surface area contributed by atoms with E-state index in [1.165, 1.54) is 0 Å². The number of aryl methyl sites for hydroxylation is 1. The van der Waals surface area contributed by atoms with E-state index in [0.29, 0.717) is 18.7 Å². The molecule has 1 aromatic carbocycles. The first-order valence-corrected chi connectivity index (χ1v) is 5.09. The lowest BCUT2D eigenvalue weighted by Crippen LogP contribution is -2.29. The second-order valence-corrected chi connectivity index (χ2v) is 3.64. The fraction of sp³-hybridized carbons (Fsp3) is 0.455. The zero-order chi connectivity index (χ0) is 12.0. The molecular formula is C11H15F3N2. The van der Waals surface area contributed by atoms with E-state index in [1.807, 2.05) is 12.1 Å². The number of nitrogen functional groups attached to an aromatic ring is 1. The number of nitrogens with two attached hydrogens (primary N) is 1. The lowest BCUT2D eigenvalue weighted by molar-refractivity contribution is -0.124. The van der Waals surface area contributed by atoms with Crippen molar-refractivity contribution in [3.63, 3.8) is 0 Å². The molecule has 0 radical (unpaired) electrons. The zero-order valence-electron chi connectivity index (χ0n) is 8.85. The van der Waals surface area contributed by atoms with Crippen LogP contribution in [0, 0.1) is 0 Å². The maximum atomic E-state index is 11.8. The van der Waals surface area contributed by atoms with Crippen LogP contribution in [0.1, 0.15) is 12.0 Å². The van der Waals surface area contributed by atoms with Gasteiger partial charge in [0.05, 0.1) is 6.54 Å². The summed E-state index contributed by atoms with van der Waals surface area (Å²) in [5.41, 5.74) is 7.29. The Hall–Kier alpha value is -1.23. The molecule has 0 aliphatic carbocycles. The molecule has 2 nitrogen and oxygen atoms in total. The van der Waals surface area contributed by atoms with E-state index < -0.39 is 12.7 Å². The standard InChI is InChI=1S/C11H15F3N2/c12-11(13,14)8-16-7-1-2-9-3-5-10(15)6-4-9/h3-6,16H,1-2,7-8,15H2. The Morgan fingerprint density at radius 1 is 1.12 bits per heavy atom. The second-order valence-electron chi connectivity index (χ2n) is 3.64. The maximum absolute atomic E-state index is 11.8. The molecule has 0 unspecified atom stereocenters. The monoisotopic (exact) mass is 232 g/mol. The molecule has 0 aromatic heterocycles. The Morgan fingerprint density at radius 2 is 1.75 bits per heavy atom. The fourth-order valence-corrected chi connectivity index (χ4v) is 1.33. The molecule has 1 rings (SSSR count). The van der Waals surface area contributed by atoms with E-state index in [0.717, 1.165) is 12.0 Å². The maximum Gasteiger partial charge on any atom is 0.401 e. The second kappa shape index (κ2) is 5.75. The van der Waals surface area contributed by atoms with E-state index in [4.69, 9.17) is 5.73 Å². The number of alkyl halides is 3. The molecule has 0 aliphatic heterocycles. The number of benzene rings is 1. The van der Waals surface area contributed by atoms with Gasteiger partial charge in [0.2, 0.25) is 0 Å². The van der Waals surface area contributed by atoms with Gasteiger partial charge in [-0.1, -0.05) is 12.1 Å². The van der Waals surface area contributed by atoms with Crippen molar-refractivity contribution in [2.75, 3.05) is 18.8 Å². The summed E-state index contributed by atoms with van der Waals surface area (Å²) >= 11 is 0. The summed E-state index contributed by atoms with van der Waals surface area (Å²) < 4.78 is 35.3. The molecule has 0 spiro atoms. The van der Waals surface area contributed by atoms with Crippen molar-refractivity contribution in [3.8, 4) is 0 Å². The van der Waals surface area contributed by atoms with Crippen LogP contribution < -0.4 is 11.1 Å². The van der Waals surface area contributed by atoms with Crippen molar-refractivity contribution in [1.82, 2.24) is 5.32 Å². The molecule has 0 fully saturated rings. The average molecular weight is 232 g/mol. The normalized spacial score (nSPS) is 11.7. The van der Waals surface area contributed by atoms with Crippen molar-refractivity contribution >= 4 is 5.69 Å². The number of anilines is 1. The van der Waals surface area contributed by atoms with Gasteiger partial charge in [-0.3, -0.25) is 0 Å². The smallest absolute Gasteiger partial charge is 0.399 e. The van der Waals surface area contributed by atoms with Crippen LogP contribution in [-0.2, 0) is 6.42 Å². The summed E-state index contributed by atoms with van der Waals surface area (Å²) in [5.74, 6) is 0. The third-order valence-corrected chi connectivity index (χ3v) is 2.12. The zero-order valence-corrected chi connectivity index (χ0v) is 8.85. The highest BCUT2D eigenvalue weighted by Gasteiger charge is 2.25. The summed E-state index contributed by atoms with van der Waals surface area (Å²) in [4.78, 5) is 0. The highest BCUT2D eigenvalue weighted by Crippen LogP contribution is 2.12. The van der Waals surface area contributed by atoms with E-state index in [-0.39, 0.29) is 0 Å².